The van der Waals surface area contributed by atoms with E-state index in [9.17, 15) is 4.79 Å². The van der Waals surface area contributed by atoms with Gasteiger partial charge in [0.25, 0.3) is 5.22 Å². The lowest BCUT2D eigenvalue weighted by atomic mass is 10.2. The molecule has 0 N–H and O–H groups in total. The Kier molecular flexibility index (Phi) is 6.36. The molecule has 0 fully saturated rings. The summed E-state index contributed by atoms with van der Waals surface area (Å²) in [4.78, 5) is 19.1. The van der Waals surface area contributed by atoms with Gasteiger partial charge in [-0.2, -0.15) is 0 Å². The number of carbonyl (C=O) groups is 1. The number of aromatic nitrogens is 3. The fraction of sp³-hybridized carbons (Fsp3) is 0.0909. The molecular weight excluding hydrogens is 416 g/mol. The van der Waals surface area contributed by atoms with E-state index in [0.717, 1.165) is 16.8 Å². The molecule has 0 aliphatic heterocycles. The van der Waals surface area contributed by atoms with E-state index in [-0.39, 0.29) is 11.7 Å². The normalized spacial score (nSPS) is 10.7. The van der Waals surface area contributed by atoms with Crippen molar-refractivity contribution >= 4 is 34.1 Å². The zero-order chi connectivity index (χ0) is 20.8. The van der Waals surface area contributed by atoms with Gasteiger partial charge in [-0.15, -0.1) is 28.1 Å². The molecule has 0 aliphatic rings. The summed E-state index contributed by atoms with van der Waals surface area (Å²) in [5.41, 5.74) is 2.70. The Morgan fingerprint density at radius 1 is 1.07 bits per heavy atom. The second-order valence-corrected chi connectivity index (χ2v) is 7.97. The number of anilines is 1. The fourth-order valence-corrected chi connectivity index (χ4v) is 4.21. The molecule has 0 atom stereocenters. The van der Waals surface area contributed by atoms with Gasteiger partial charge in [-0.05, 0) is 12.1 Å². The summed E-state index contributed by atoms with van der Waals surface area (Å²) in [6.45, 7) is 4.14. The number of nitrogens with zero attached hydrogens (tertiary/aromatic N) is 4. The largest absolute Gasteiger partial charge is 0.411 e. The SMILES string of the molecule is C=CCN(C(=O)CSc1nnc(-c2ccccc2)o1)c1nc(-c2ccccc2)cs1. The highest BCUT2D eigenvalue weighted by molar-refractivity contribution is 7.99. The van der Waals surface area contributed by atoms with Crippen LogP contribution in [-0.2, 0) is 4.79 Å². The lowest BCUT2D eigenvalue weighted by Crippen LogP contribution is -2.32. The number of rotatable bonds is 8. The number of hydrogen-bond donors (Lipinski definition) is 0. The Labute approximate surface area is 182 Å². The maximum absolute atomic E-state index is 12.9. The second-order valence-electron chi connectivity index (χ2n) is 6.20. The molecule has 0 unspecified atom stereocenters. The number of amides is 1. The van der Waals surface area contributed by atoms with Crippen molar-refractivity contribution in [1.82, 2.24) is 15.2 Å². The van der Waals surface area contributed by atoms with E-state index >= 15 is 0 Å². The predicted octanol–water partition coefficient (Wildman–Crippen LogP) is 5.17. The van der Waals surface area contributed by atoms with Crippen molar-refractivity contribution in [2.24, 2.45) is 0 Å². The molecule has 0 bridgehead atoms. The van der Waals surface area contributed by atoms with Gasteiger partial charge in [0.1, 0.15) is 0 Å². The minimum Gasteiger partial charge on any atom is -0.411 e. The van der Waals surface area contributed by atoms with Crippen LogP contribution in [-0.4, -0.2) is 33.4 Å². The molecule has 8 heteroatoms. The van der Waals surface area contributed by atoms with Crippen molar-refractivity contribution < 1.29 is 9.21 Å². The van der Waals surface area contributed by atoms with Crippen LogP contribution in [0, 0.1) is 0 Å². The first-order valence-electron chi connectivity index (χ1n) is 9.18. The molecule has 0 saturated carbocycles. The van der Waals surface area contributed by atoms with Gasteiger partial charge < -0.3 is 4.42 Å². The van der Waals surface area contributed by atoms with Crippen molar-refractivity contribution in [3.05, 3.63) is 78.7 Å². The molecule has 0 spiro atoms. The van der Waals surface area contributed by atoms with Gasteiger partial charge in [0.2, 0.25) is 11.8 Å². The van der Waals surface area contributed by atoms with Crippen LogP contribution < -0.4 is 4.90 Å². The molecule has 0 aliphatic carbocycles. The summed E-state index contributed by atoms with van der Waals surface area (Å²) in [6.07, 6.45) is 1.69. The van der Waals surface area contributed by atoms with Gasteiger partial charge in [0, 0.05) is 23.1 Å². The van der Waals surface area contributed by atoms with Crippen molar-refractivity contribution in [1.29, 1.82) is 0 Å². The van der Waals surface area contributed by atoms with E-state index in [1.165, 1.54) is 23.1 Å². The lowest BCUT2D eigenvalue weighted by Gasteiger charge is -2.17. The minimum absolute atomic E-state index is 0.103. The van der Waals surface area contributed by atoms with Gasteiger partial charge in [0.15, 0.2) is 5.13 Å². The van der Waals surface area contributed by atoms with Crippen LogP contribution in [0.25, 0.3) is 22.7 Å². The number of carbonyl (C=O) groups excluding carboxylic acids is 1. The number of thioether (sulfide) groups is 1. The summed E-state index contributed by atoms with van der Waals surface area (Å²) in [5.74, 6) is 0.485. The highest BCUT2D eigenvalue weighted by Crippen LogP contribution is 2.29. The fourth-order valence-electron chi connectivity index (χ4n) is 2.71. The third kappa shape index (κ3) is 4.67. The Balaban J connectivity index is 1.44. The highest BCUT2D eigenvalue weighted by atomic mass is 32.2. The van der Waals surface area contributed by atoms with E-state index in [2.05, 4.69) is 21.8 Å². The summed E-state index contributed by atoms with van der Waals surface area (Å²) < 4.78 is 5.66. The van der Waals surface area contributed by atoms with Crippen molar-refractivity contribution in [3.63, 3.8) is 0 Å². The second kappa shape index (κ2) is 9.51. The molecule has 4 rings (SSSR count). The van der Waals surface area contributed by atoms with E-state index in [1.807, 2.05) is 66.0 Å². The standard InChI is InChI=1S/C22H18N4O2S2/c1-2-13-26(21-23-18(14-29-21)16-9-5-3-6-10-16)19(27)15-30-22-25-24-20(28-22)17-11-7-4-8-12-17/h2-12,14H,1,13,15H2. The van der Waals surface area contributed by atoms with Crippen LogP contribution in [0.5, 0.6) is 0 Å². The van der Waals surface area contributed by atoms with Crippen molar-refractivity contribution in [3.8, 4) is 22.7 Å². The number of benzene rings is 2. The Morgan fingerprint density at radius 2 is 1.77 bits per heavy atom. The van der Waals surface area contributed by atoms with Gasteiger partial charge in [0.05, 0.1) is 11.4 Å². The molecule has 2 aromatic carbocycles. The van der Waals surface area contributed by atoms with Crippen LogP contribution in [0.15, 0.2) is 88.3 Å². The Bertz CT molecular complexity index is 1130. The highest BCUT2D eigenvalue weighted by Gasteiger charge is 2.20. The molecule has 2 aromatic heterocycles. The molecule has 1 amide bonds. The molecule has 0 radical (unpaired) electrons. The third-order valence-corrected chi connectivity index (χ3v) is 5.82. The molecule has 30 heavy (non-hydrogen) atoms. The summed E-state index contributed by atoms with van der Waals surface area (Å²) in [7, 11) is 0. The van der Waals surface area contributed by atoms with Crippen LogP contribution >= 0.6 is 23.1 Å². The average molecular weight is 435 g/mol. The number of thiazole rings is 1. The van der Waals surface area contributed by atoms with E-state index < -0.39 is 0 Å². The predicted molar refractivity (Wildman–Crippen MR) is 121 cm³/mol. The summed E-state index contributed by atoms with van der Waals surface area (Å²) in [6, 6.07) is 19.4. The molecule has 150 valence electrons. The smallest absolute Gasteiger partial charge is 0.277 e. The van der Waals surface area contributed by atoms with Crippen LogP contribution in [0.3, 0.4) is 0 Å². The summed E-state index contributed by atoms with van der Waals surface area (Å²) >= 11 is 2.64. The van der Waals surface area contributed by atoms with Crippen molar-refractivity contribution in [2.75, 3.05) is 17.2 Å². The Hall–Kier alpha value is -3.23. The zero-order valence-electron chi connectivity index (χ0n) is 16.0. The monoisotopic (exact) mass is 434 g/mol. The molecular formula is C22H18N4O2S2. The molecule has 2 heterocycles. The molecule has 0 saturated heterocycles. The maximum Gasteiger partial charge on any atom is 0.277 e. The first kappa shape index (κ1) is 20.1. The van der Waals surface area contributed by atoms with Crippen LogP contribution in [0.4, 0.5) is 5.13 Å². The molecule has 6 nitrogen and oxygen atoms in total. The van der Waals surface area contributed by atoms with E-state index in [1.54, 1.807) is 11.0 Å². The zero-order valence-corrected chi connectivity index (χ0v) is 17.6. The minimum atomic E-state index is -0.103. The van der Waals surface area contributed by atoms with Gasteiger partial charge in [-0.3, -0.25) is 9.69 Å². The van der Waals surface area contributed by atoms with Gasteiger partial charge in [-0.1, -0.05) is 66.4 Å². The summed E-state index contributed by atoms with van der Waals surface area (Å²) in [5, 5.41) is 11.0. The van der Waals surface area contributed by atoms with Crippen LogP contribution in [0.2, 0.25) is 0 Å². The first-order valence-corrected chi connectivity index (χ1v) is 11.0. The Morgan fingerprint density at radius 3 is 2.47 bits per heavy atom. The maximum atomic E-state index is 12.9. The lowest BCUT2D eigenvalue weighted by molar-refractivity contribution is -0.116. The number of hydrogen-bond acceptors (Lipinski definition) is 7. The topological polar surface area (TPSA) is 72.1 Å². The van der Waals surface area contributed by atoms with Crippen molar-refractivity contribution in [2.45, 2.75) is 5.22 Å². The molecule has 4 aromatic rings. The van der Waals surface area contributed by atoms with E-state index in [0.29, 0.717) is 22.8 Å². The first-order chi connectivity index (χ1) is 14.7. The van der Waals surface area contributed by atoms with Crippen LogP contribution in [0.1, 0.15) is 0 Å². The third-order valence-electron chi connectivity index (χ3n) is 4.15. The van der Waals surface area contributed by atoms with Gasteiger partial charge >= 0.3 is 0 Å². The van der Waals surface area contributed by atoms with Gasteiger partial charge in [-0.25, -0.2) is 4.98 Å². The quantitative estimate of drug-likeness (QED) is 0.281. The van der Waals surface area contributed by atoms with E-state index in [4.69, 9.17) is 4.42 Å². The average Bonchev–Trinajstić information content (AvgIpc) is 3.47.